The number of anilines is 2. The summed E-state index contributed by atoms with van der Waals surface area (Å²) < 4.78 is 11.0. The zero-order valence-electron chi connectivity index (χ0n) is 20.8. The van der Waals surface area contributed by atoms with E-state index in [0.29, 0.717) is 38.3 Å². The van der Waals surface area contributed by atoms with Crippen molar-refractivity contribution >= 4 is 45.4 Å². The molecular formula is C28H24ClN3O5S. The molecular weight excluding hydrogens is 526 g/mol. The quantitative estimate of drug-likeness (QED) is 0.403. The van der Waals surface area contributed by atoms with E-state index in [-0.39, 0.29) is 0 Å². The molecule has 3 aliphatic rings. The molecule has 38 heavy (non-hydrogen) atoms. The number of benzene rings is 2. The summed E-state index contributed by atoms with van der Waals surface area (Å²) in [5, 5.41) is 12.5. The molecule has 2 saturated heterocycles. The average Bonchev–Trinajstić information content (AvgIpc) is 3.58. The Morgan fingerprint density at radius 1 is 1.05 bits per heavy atom. The number of nitrogens with zero attached hydrogens (tertiary/aromatic N) is 3. The third kappa shape index (κ3) is 3.75. The number of carbonyl (C=O) groups is 2. The Hall–Kier alpha value is -3.58. The summed E-state index contributed by atoms with van der Waals surface area (Å²) in [5.74, 6) is -0.623. The highest BCUT2D eigenvalue weighted by Crippen LogP contribution is 2.52. The summed E-state index contributed by atoms with van der Waals surface area (Å²) in [4.78, 5) is 36.5. The molecule has 0 unspecified atom stereocenters. The van der Waals surface area contributed by atoms with Gasteiger partial charge in [-0.3, -0.25) is 14.4 Å². The normalized spacial score (nSPS) is 22.3. The first kappa shape index (κ1) is 24.7. The summed E-state index contributed by atoms with van der Waals surface area (Å²) in [6.07, 6.45) is 2.60. The van der Waals surface area contributed by atoms with Crippen molar-refractivity contribution in [3.8, 4) is 17.6 Å². The number of hydroxylamine groups is 1. The van der Waals surface area contributed by atoms with Crippen LogP contribution in [0, 0.1) is 17.2 Å². The van der Waals surface area contributed by atoms with E-state index in [1.165, 1.54) is 16.2 Å². The van der Waals surface area contributed by atoms with Gasteiger partial charge >= 0.3 is 0 Å². The number of methoxy groups -OCH3 is 2. The highest BCUT2D eigenvalue weighted by atomic mass is 35.5. The van der Waals surface area contributed by atoms with Crippen LogP contribution in [0.1, 0.15) is 40.5 Å². The van der Waals surface area contributed by atoms with Gasteiger partial charge in [0.05, 0.1) is 31.5 Å². The van der Waals surface area contributed by atoms with Gasteiger partial charge in [0.2, 0.25) is 5.91 Å². The lowest BCUT2D eigenvalue weighted by atomic mass is 9.90. The number of hydrogen-bond donors (Lipinski definition) is 0. The monoisotopic (exact) mass is 549 g/mol. The van der Waals surface area contributed by atoms with E-state index in [1.807, 2.05) is 6.07 Å². The topological polar surface area (TPSA) is 92.1 Å². The maximum Gasteiger partial charge on any atom is 0.267 e. The second-order valence-corrected chi connectivity index (χ2v) is 10.9. The lowest BCUT2D eigenvalue weighted by Crippen LogP contribution is -2.37. The highest BCUT2D eigenvalue weighted by molar-refractivity contribution is 7.17. The second-order valence-electron chi connectivity index (χ2n) is 9.42. The summed E-state index contributed by atoms with van der Waals surface area (Å²) in [6.45, 7) is 0. The number of rotatable bonds is 5. The fourth-order valence-corrected chi connectivity index (χ4v) is 7.10. The summed E-state index contributed by atoms with van der Waals surface area (Å²) >= 11 is 7.50. The van der Waals surface area contributed by atoms with E-state index < -0.39 is 29.9 Å². The van der Waals surface area contributed by atoms with Crippen LogP contribution in [-0.4, -0.2) is 32.1 Å². The number of imide groups is 1. The molecule has 194 valence electrons. The SMILES string of the molecule is COc1ccc([C@H]2[C@@H]3C(=O)N(c4sc5c(c4C#N)CCCC5)C(=O)[C@H]3ON2c2ccc(Cl)cc2)c(OC)c1. The first-order valence-corrected chi connectivity index (χ1v) is 13.5. The van der Waals surface area contributed by atoms with Gasteiger partial charge in [-0.1, -0.05) is 11.6 Å². The third-order valence-corrected chi connectivity index (χ3v) is 8.95. The Morgan fingerprint density at radius 2 is 1.82 bits per heavy atom. The zero-order valence-corrected chi connectivity index (χ0v) is 22.3. The van der Waals surface area contributed by atoms with Crippen LogP contribution in [0.4, 0.5) is 10.7 Å². The van der Waals surface area contributed by atoms with Crippen LogP contribution < -0.4 is 19.4 Å². The molecule has 3 atom stereocenters. The number of thiophene rings is 1. The van der Waals surface area contributed by atoms with Crippen LogP contribution in [0.2, 0.25) is 5.02 Å². The van der Waals surface area contributed by atoms with Gasteiger partial charge in [0.25, 0.3) is 5.91 Å². The molecule has 8 nitrogen and oxygen atoms in total. The number of ether oxygens (including phenoxy) is 2. The lowest BCUT2D eigenvalue weighted by molar-refractivity contribution is -0.126. The molecule has 3 aromatic rings. The summed E-state index contributed by atoms with van der Waals surface area (Å²) in [7, 11) is 3.11. The standard InChI is InChI=1S/C28H24ClN3O5S/c1-35-17-11-12-19(21(13-17)36-2)24-23-25(37-32(24)16-9-7-15(29)8-10-16)27(34)31(26(23)33)28-20(14-30)18-5-3-4-6-22(18)38-28/h7-13,23-25H,3-6H2,1-2H3/t23-,24-,25-/m0/s1. The van der Waals surface area contributed by atoms with Gasteiger partial charge < -0.3 is 9.47 Å². The average molecular weight is 550 g/mol. The Balaban J connectivity index is 1.47. The first-order chi connectivity index (χ1) is 18.5. The zero-order chi connectivity index (χ0) is 26.6. The van der Waals surface area contributed by atoms with E-state index >= 15 is 0 Å². The molecule has 2 aliphatic heterocycles. The molecule has 0 bridgehead atoms. The van der Waals surface area contributed by atoms with Crippen LogP contribution in [0.15, 0.2) is 42.5 Å². The van der Waals surface area contributed by atoms with E-state index in [0.717, 1.165) is 36.1 Å². The summed E-state index contributed by atoms with van der Waals surface area (Å²) in [5.41, 5.74) is 2.71. The number of aryl methyl sites for hydroxylation is 1. The highest BCUT2D eigenvalue weighted by Gasteiger charge is 2.61. The number of fused-ring (bicyclic) bond motifs is 2. The van der Waals surface area contributed by atoms with E-state index in [9.17, 15) is 14.9 Å². The Morgan fingerprint density at radius 3 is 2.53 bits per heavy atom. The molecule has 2 aromatic carbocycles. The molecule has 0 saturated carbocycles. The fourth-order valence-electron chi connectivity index (χ4n) is 5.63. The molecule has 10 heteroatoms. The van der Waals surface area contributed by atoms with E-state index in [2.05, 4.69) is 6.07 Å². The minimum absolute atomic E-state index is 0.394. The van der Waals surface area contributed by atoms with Crippen molar-refractivity contribution in [2.24, 2.45) is 5.92 Å². The van der Waals surface area contributed by atoms with Gasteiger partial charge in [-0.05, 0) is 67.6 Å². The van der Waals surface area contributed by atoms with Gasteiger partial charge in [0, 0.05) is 21.5 Å². The lowest BCUT2D eigenvalue weighted by Gasteiger charge is -2.29. The first-order valence-electron chi connectivity index (χ1n) is 12.3. The van der Waals surface area contributed by atoms with Gasteiger partial charge in [0.15, 0.2) is 6.10 Å². The number of amides is 2. The molecule has 1 aromatic heterocycles. The molecule has 3 heterocycles. The molecule has 0 radical (unpaired) electrons. The smallest absolute Gasteiger partial charge is 0.267 e. The van der Waals surface area contributed by atoms with Gasteiger partial charge in [-0.25, -0.2) is 9.96 Å². The summed E-state index contributed by atoms with van der Waals surface area (Å²) in [6, 6.07) is 13.9. The van der Waals surface area contributed by atoms with E-state index in [4.69, 9.17) is 25.9 Å². The van der Waals surface area contributed by atoms with Crippen molar-refractivity contribution in [1.82, 2.24) is 0 Å². The van der Waals surface area contributed by atoms with Gasteiger partial charge in [-0.2, -0.15) is 5.26 Å². The Kier molecular flexibility index (Phi) is 6.26. The van der Waals surface area contributed by atoms with Crippen LogP contribution >= 0.6 is 22.9 Å². The number of nitriles is 1. The van der Waals surface area contributed by atoms with Crippen molar-refractivity contribution in [3.63, 3.8) is 0 Å². The molecule has 2 fully saturated rings. The second kappa shape index (κ2) is 9.62. The largest absolute Gasteiger partial charge is 0.497 e. The van der Waals surface area contributed by atoms with Crippen molar-refractivity contribution in [2.75, 3.05) is 24.2 Å². The molecule has 6 rings (SSSR count). The predicted octanol–water partition coefficient (Wildman–Crippen LogP) is 5.22. The Labute approximate surface area is 228 Å². The van der Waals surface area contributed by atoms with Gasteiger partial charge in [-0.15, -0.1) is 11.3 Å². The van der Waals surface area contributed by atoms with Crippen molar-refractivity contribution in [2.45, 2.75) is 37.8 Å². The number of halogens is 1. The minimum atomic E-state index is -1.05. The van der Waals surface area contributed by atoms with Crippen LogP contribution in [-0.2, 0) is 27.3 Å². The minimum Gasteiger partial charge on any atom is -0.497 e. The molecule has 0 spiro atoms. The number of carbonyl (C=O) groups excluding carboxylic acids is 2. The maximum absolute atomic E-state index is 14.1. The Bertz CT molecular complexity index is 1480. The van der Waals surface area contributed by atoms with Gasteiger partial charge in [0.1, 0.15) is 28.5 Å². The van der Waals surface area contributed by atoms with Crippen molar-refractivity contribution in [1.29, 1.82) is 5.26 Å². The fraction of sp³-hybridized carbons (Fsp3) is 0.321. The predicted molar refractivity (Wildman–Crippen MR) is 143 cm³/mol. The van der Waals surface area contributed by atoms with Crippen LogP contribution in [0.5, 0.6) is 11.5 Å². The molecule has 0 N–H and O–H groups in total. The number of hydrogen-bond acceptors (Lipinski definition) is 8. The maximum atomic E-state index is 14.1. The van der Waals surface area contributed by atoms with E-state index in [1.54, 1.807) is 55.7 Å². The van der Waals surface area contributed by atoms with Crippen molar-refractivity contribution < 1.29 is 23.9 Å². The molecule has 1 aliphatic carbocycles. The third-order valence-electron chi connectivity index (χ3n) is 7.42. The van der Waals surface area contributed by atoms with Crippen LogP contribution in [0.25, 0.3) is 0 Å². The van der Waals surface area contributed by atoms with Crippen LogP contribution in [0.3, 0.4) is 0 Å². The van der Waals surface area contributed by atoms with Crippen molar-refractivity contribution in [3.05, 3.63) is 69.1 Å². The molecule has 2 amide bonds.